The van der Waals surface area contributed by atoms with Crippen LogP contribution in [0.3, 0.4) is 0 Å². The molecule has 1 aliphatic heterocycles. The van der Waals surface area contributed by atoms with Gasteiger partial charge in [-0.3, -0.25) is 14.0 Å². The average molecular weight is 381 g/mol. The summed E-state index contributed by atoms with van der Waals surface area (Å²) in [6, 6.07) is 5.26. The molecule has 1 atom stereocenters. The van der Waals surface area contributed by atoms with Crippen LogP contribution >= 0.6 is 0 Å². The summed E-state index contributed by atoms with van der Waals surface area (Å²) in [5.41, 5.74) is 1.87. The monoisotopic (exact) mass is 381 g/mol. The van der Waals surface area contributed by atoms with E-state index in [1.165, 1.54) is 4.40 Å². The van der Waals surface area contributed by atoms with Crippen LogP contribution in [0.5, 0.6) is 0 Å². The average Bonchev–Trinajstić information content (AvgIpc) is 3.20. The van der Waals surface area contributed by atoms with Crippen LogP contribution in [0.25, 0.3) is 16.7 Å². The van der Waals surface area contributed by atoms with Crippen molar-refractivity contribution in [3.05, 3.63) is 45.9 Å². The Bertz CT molecular complexity index is 1100. The van der Waals surface area contributed by atoms with Crippen molar-refractivity contribution in [2.24, 2.45) is 0 Å². The Kier molecular flexibility index (Phi) is 4.95. The molecule has 1 fully saturated rings. The van der Waals surface area contributed by atoms with E-state index in [2.05, 4.69) is 20.6 Å². The highest BCUT2D eigenvalue weighted by molar-refractivity contribution is 6.01. The van der Waals surface area contributed by atoms with Gasteiger partial charge in [-0.05, 0) is 44.4 Å². The Balaban J connectivity index is 1.84. The SMILES string of the molecule is CCNC(=O)c1cc2c(=O)n3cc(C)ccc3nc2nc1NC[C@@H]1CCCO1. The number of ether oxygens (including phenoxy) is 1. The Morgan fingerprint density at radius 3 is 2.96 bits per heavy atom. The third kappa shape index (κ3) is 3.43. The van der Waals surface area contributed by atoms with E-state index in [0.717, 1.165) is 25.0 Å². The van der Waals surface area contributed by atoms with Gasteiger partial charge < -0.3 is 15.4 Å². The fraction of sp³-hybridized carbons (Fsp3) is 0.400. The topological polar surface area (TPSA) is 97.6 Å². The van der Waals surface area contributed by atoms with Crippen molar-refractivity contribution in [1.29, 1.82) is 0 Å². The summed E-state index contributed by atoms with van der Waals surface area (Å²) in [6.45, 7) is 5.54. The van der Waals surface area contributed by atoms with Crippen molar-refractivity contribution >= 4 is 28.4 Å². The van der Waals surface area contributed by atoms with Crippen LogP contribution in [0, 0.1) is 6.92 Å². The highest BCUT2D eigenvalue weighted by atomic mass is 16.5. The molecule has 1 aliphatic rings. The van der Waals surface area contributed by atoms with Gasteiger partial charge >= 0.3 is 0 Å². The molecule has 0 bridgehead atoms. The maximum atomic E-state index is 13.0. The second-order valence-corrected chi connectivity index (χ2v) is 6.98. The largest absolute Gasteiger partial charge is 0.376 e. The second-order valence-electron chi connectivity index (χ2n) is 6.98. The second kappa shape index (κ2) is 7.55. The first-order valence-electron chi connectivity index (χ1n) is 9.54. The number of amides is 1. The van der Waals surface area contributed by atoms with Crippen molar-refractivity contribution in [3.8, 4) is 0 Å². The minimum atomic E-state index is -0.277. The van der Waals surface area contributed by atoms with Crippen LogP contribution in [0.1, 0.15) is 35.7 Å². The Morgan fingerprint density at radius 1 is 1.36 bits per heavy atom. The van der Waals surface area contributed by atoms with Gasteiger partial charge in [0.1, 0.15) is 11.5 Å². The molecule has 0 radical (unpaired) electrons. The lowest BCUT2D eigenvalue weighted by Gasteiger charge is -2.15. The predicted molar refractivity (Wildman–Crippen MR) is 107 cm³/mol. The quantitative estimate of drug-likeness (QED) is 0.655. The van der Waals surface area contributed by atoms with Gasteiger partial charge in [0.15, 0.2) is 5.65 Å². The Labute approximate surface area is 161 Å². The maximum absolute atomic E-state index is 13.0. The summed E-state index contributed by atoms with van der Waals surface area (Å²) in [5.74, 6) is 0.137. The lowest BCUT2D eigenvalue weighted by molar-refractivity contribution is 0.0956. The number of nitrogens with one attached hydrogen (secondary N) is 2. The first-order valence-corrected chi connectivity index (χ1v) is 9.54. The molecule has 0 unspecified atom stereocenters. The van der Waals surface area contributed by atoms with Gasteiger partial charge in [-0.25, -0.2) is 9.97 Å². The van der Waals surface area contributed by atoms with Crippen LogP contribution in [-0.2, 0) is 4.74 Å². The molecule has 2 N–H and O–H groups in total. The molecule has 1 amide bonds. The van der Waals surface area contributed by atoms with E-state index in [9.17, 15) is 9.59 Å². The highest BCUT2D eigenvalue weighted by Crippen LogP contribution is 2.20. The van der Waals surface area contributed by atoms with Gasteiger partial charge in [0.25, 0.3) is 11.5 Å². The summed E-state index contributed by atoms with van der Waals surface area (Å²) in [4.78, 5) is 34.6. The lowest BCUT2D eigenvalue weighted by Crippen LogP contribution is -2.27. The molecular formula is C20H23N5O3. The predicted octanol–water partition coefficient (Wildman–Crippen LogP) is 1.89. The number of rotatable bonds is 5. The number of aromatic nitrogens is 3. The standard InChI is InChI=1S/C20H23N5O3/c1-3-21-19(26)14-9-15-18(24-17(14)22-10-13-5-4-8-28-13)23-16-7-6-12(2)11-25(16)20(15)27/h6-7,9,11,13H,3-5,8,10H2,1-2H3,(H,21,26)(H,22,24)/t13-/m0/s1. The molecule has 28 heavy (non-hydrogen) atoms. The number of carbonyl (C=O) groups excluding carboxylic acids is 1. The van der Waals surface area contributed by atoms with E-state index in [4.69, 9.17) is 4.74 Å². The van der Waals surface area contributed by atoms with E-state index >= 15 is 0 Å². The summed E-state index contributed by atoms with van der Waals surface area (Å²) in [7, 11) is 0. The zero-order chi connectivity index (χ0) is 19.7. The molecule has 1 saturated heterocycles. The number of fused-ring (bicyclic) bond motifs is 2. The molecule has 0 aromatic carbocycles. The molecular weight excluding hydrogens is 358 g/mol. The lowest BCUT2D eigenvalue weighted by atomic mass is 10.1. The van der Waals surface area contributed by atoms with Crippen LogP contribution < -0.4 is 16.2 Å². The number of hydrogen-bond acceptors (Lipinski definition) is 6. The number of nitrogens with zero attached hydrogens (tertiary/aromatic N) is 3. The minimum Gasteiger partial charge on any atom is -0.376 e. The molecule has 3 aromatic rings. The molecule has 0 aliphatic carbocycles. The van der Waals surface area contributed by atoms with E-state index < -0.39 is 0 Å². The molecule has 8 heteroatoms. The van der Waals surface area contributed by atoms with Gasteiger partial charge in [0, 0.05) is 25.9 Å². The molecule has 3 aromatic heterocycles. The zero-order valence-electron chi connectivity index (χ0n) is 16.0. The smallest absolute Gasteiger partial charge is 0.267 e. The summed E-state index contributed by atoms with van der Waals surface area (Å²) >= 11 is 0. The van der Waals surface area contributed by atoms with Crippen LogP contribution in [0.2, 0.25) is 0 Å². The van der Waals surface area contributed by atoms with E-state index in [0.29, 0.717) is 41.2 Å². The van der Waals surface area contributed by atoms with Gasteiger partial charge in [0.2, 0.25) is 0 Å². The summed E-state index contributed by atoms with van der Waals surface area (Å²) in [5, 5.41) is 6.31. The fourth-order valence-electron chi connectivity index (χ4n) is 3.42. The number of pyridine rings is 2. The van der Waals surface area contributed by atoms with Crippen molar-refractivity contribution in [1.82, 2.24) is 19.7 Å². The van der Waals surface area contributed by atoms with E-state index in [1.54, 1.807) is 18.3 Å². The normalized spacial score (nSPS) is 16.6. The van der Waals surface area contributed by atoms with Gasteiger partial charge in [0.05, 0.1) is 17.1 Å². The Hall–Kier alpha value is -3.00. The van der Waals surface area contributed by atoms with Crippen LogP contribution in [-0.4, -0.2) is 46.1 Å². The molecule has 146 valence electrons. The van der Waals surface area contributed by atoms with Crippen molar-refractivity contribution < 1.29 is 9.53 Å². The molecule has 4 rings (SSSR count). The molecule has 8 nitrogen and oxygen atoms in total. The third-order valence-corrected chi connectivity index (χ3v) is 4.85. The highest BCUT2D eigenvalue weighted by Gasteiger charge is 2.20. The number of carbonyl (C=O) groups is 1. The zero-order valence-corrected chi connectivity index (χ0v) is 16.0. The van der Waals surface area contributed by atoms with Crippen molar-refractivity contribution in [3.63, 3.8) is 0 Å². The number of anilines is 1. The van der Waals surface area contributed by atoms with Crippen LogP contribution in [0.4, 0.5) is 5.82 Å². The molecule has 0 saturated carbocycles. The first kappa shape index (κ1) is 18.4. The maximum Gasteiger partial charge on any atom is 0.267 e. The Morgan fingerprint density at radius 2 is 2.21 bits per heavy atom. The minimum absolute atomic E-state index is 0.0951. The first-order chi connectivity index (χ1) is 13.6. The van der Waals surface area contributed by atoms with E-state index in [-0.39, 0.29) is 17.6 Å². The summed E-state index contributed by atoms with van der Waals surface area (Å²) < 4.78 is 7.12. The van der Waals surface area contributed by atoms with Crippen molar-refractivity contribution in [2.45, 2.75) is 32.8 Å². The molecule has 0 spiro atoms. The van der Waals surface area contributed by atoms with Gasteiger partial charge in [-0.15, -0.1) is 0 Å². The third-order valence-electron chi connectivity index (χ3n) is 4.85. The van der Waals surface area contributed by atoms with Gasteiger partial charge in [-0.2, -0.15) is 0 Å². The van der Waals surface area contributed by atoms with Gasteiger partial charge in [-0.1, -0.05) is 6.07 Å². The van der Waals surface area contributed by atoms with Crippen molar-refractivity contribution in [2.75, 3.05) is 25.0 Å². The fourth-order valence-corrected chi connectivity index (χ4v) is 3.42. The number of aryl methyl sites for hydroxylation is 1. The summed E-state index contributed by atoms with van der Waals surface area (Å²) in [6.07, 6.45) is 3.84. The van der Waals surface area contributed by atoms with E-state index in [1.807, 2.05) is 19.9 Å². The van der Waals surface area contributed by atoms with Crippen LogP contribution in [0.15, 0.2) is 29.2 Å². The molecule has 4 heterocycles. The number of hydrogen-bond donors (Lipinski definition) is 2.